The Bertz CT molecular complexity index is 273. The Morgan fingerprint density at radius 2 is 1.62 bits per heavy atom. The van der Waals surface area contributed by atoms with Crippen LogP contribution in [0.3, 0.4) is 0 Å². The Kier molecular flexibility index (Phi) is 3.66. The Balaban J connectivity index is 2.89. The predicted molar refractivity (Wildman–Crippen MR) is 64.8 cm³/mol. The molecule has 0 aliphatic heterocycles. The van der Waals surface area contributed by atoms with Gasteiger partial charge in [0, 0.05) is 6.54 Å². The lowest BCUT2D eigenvalue weighted by atomic mass is 9.59. The lowest BCUT2D eigenvalue weighted by molar-refractivity contribution is 0.0531. The average Bonchev–Trinajstić information content (AvgIpc) is 2.10. The molecule has 2 N–H and O–H groups in total. The summed E-state index contributed by atoms with van der Waals surface area (Å²) in [6.45, 7) is 9.48. The van der Waals surface area contributed by atoms with Crippen molar-refractivity contribution in [2.45, 2.75) is 52.5 Å². The van der Waals surface area contributed by atoms with Gasteiger partial charge in [0.25, 0.3) is 0 Å². The van der Waals surface area contributed by atoms with Crippen molar-refractivity contribution in [3.8, 4) is 6.07 Å². The Labute approximate surface area is 98.8 Å². The van der Waals surface area contributed by atoms with E-state index in [-0.39, 0.29) is 17.4 Å². The molecule has 0 unspecified atom stereocenters. The Hall–Kier alpha value is -0.590. The molecular weight excluding hydrogens is 200 g/mol. The monoisotopic (exact) mass is 224 g/mol. The van der Waals surface area contributed by atoms with Crippen LogP contribution in [0.2, 0.25) is 0 Å². The van der Waals surface area contributed by atoms with Crippen LogP contribution in [0.15, 0.2) is 0 Å². The van der Waals surface area contributed by atoms with E-state index in [1.54, 1.807) is 0 Å². The van der Waals surface area contributed by atoms with Gasteiger partial charge in [-0.05, 0) is 30.1 Å². The molecule has 0 heterocycles. The maximum Gasteiger partial charge on any atom is 0.107 e. The molecule has 3 nitrogen and oxygen atoms in total. The van der Waals surface area contributed by atoms with E-state index in [0.29, 0.717) is 6.54 Å². The van der Waals surface area contributed by atoms with Gasteiger partial charge < -0.3 is 5.11 Å². The van der Waals surface area contributed by atoms with Crippen LogP contribution in [0.25, 0.3) is 0 Å². The van der Waals surface area contributed by atoms with Gasteiger partial charge in [0.1, 0.15) is 5.54 Å². The molecule has 1 saturated carbocycles. The van der Waals surface area contributed by atoms with Crippen LogP contribution in [0.5, 0.6) is 0 Å². The van der Waals surface area contributed by atoms with Gasteiger partial charge in [-0.2, -0.15) is 5.26 Å². The van der Waals surface area contributed by atoms with Gasteiger partial charge >= 0.3 is 0 Å². The number of hydrogen-bond donors (Lipinski definition) is 2. The first-order valence-electron chi connectivity index (χ1n) is 6.01. The van der Waals surface area contributed by atoms with E-state index in [4.69, 9.17) is 5.11 Å². The molecule has 1 rings (SSSR count). The first-order chi connectivity index (χ1) is 7.24. The number of rotatable bonds is 3. The van der Waals surface area contributed by atoms with E-state index in [1.807, 2.05) is 0 Å². The lowest BCUT2D eigenvalue weighted by Crippen LogP contribution is -2.54. The zero-order valence-corrected chi connectivity index (χ0v) is 10.9. The van der Waals surface area contributed by atoms with E-state index in [0.717, 1.165) is 19.3 Å². The first-order valence-corrected chi connectivity index (χ1v) is 6.01. The number of nitrogens with one attached hydrogen (secondary N) is 1. The van der Waals surface area contributed by atoms with Gasteiger partial charge in [-0.25, -0.2) is 0 Å². The van der Waals surface area contributed by atoms with Crippen molar-refractivity contribution in [1.29, 1.82) is 5.26 Å². The van der Waals surface area contributed by atoms with Crippen molar-refractivity contribution in [3.63, 3.8) is 0 Å². The molecule has 92 valence electrons. The van der Waals surface area contributed by atoms with Crippen molar-refractivity contribution in [2.24, 2.45) is 10.8 Å². The van der Waals surface area contributed by atoms with Crippen LogP contribution in [0.4, 0.5) is 0 Å². The summed E-state index contributed by atoms with van der Waals surface area (Å²) < 4.78 is 0. The molecule has 3 heteroatoms. The fraction of sp³-hybridized carbons (Fsp3) is 0.923. The molecule has 0 amide bonds. The van der Waals surface area contributed by atoms with Crippen LogP contribution < -0.4 is 5.32 Å². The minimum absolute atomic E-state index is 0.0876. The van der Waals surface area contributed by atoms with E-state index < -0.39 is 5.54 Å². The molecule has 0 radical (unpaired) electrons. The highest BCUT2D eigenvalue weighted by molar-refractivity contribution is 5.14. The van der Waals surface area contributed by atoms with Crippen molar-refractivity contribution < 1.29 is 5.11 Å². The molecule has 0 saturated heterocycles. The number of aliphatic hydroxyl groups is 1. The number of nitriles is 1. The summed E-state index contributed by atoms with van der Waals surface area (Å²) in [6.07, 6.45) is 2.87. The second-order valence-electron chi connectivity index (χ2n) is 6.70. The van der Waals surface area contributed by atoms with Crippen LogP contribution in [-0.4, -0.2) is 23.8 Å². The van der Waals surface area contributed by atoms with Gasteiger partial charge in [-0.15, -0.1) is 0 Å². The largest absolute Gasteiger partial charge is 0.395 e. The highest BCUT2D eigenvalue weighted by atomic mass is 16.3. The minimum Gasteiger partial charge on any atom is -0.395 e. The zero-order chi connectivity index (χ0) is 12.4. The van der Waals surface area contributed by atoms with Crippen LogP contribution in [0.1, 0.15) is 47.0 Å². The third-order valence-electron chi connectivity index (χ3n) is 3.31. The molecule has 16 heavy (non-hydrogen) atoms. The van der Waals surface area contributed by atoms with Crippen molar-refractivity contribution in [1.82, 2.24) is 5.32 Å². The van der Waals surface area contributed by atoms with Gasteiger partial charge in [0.15, 0.2) is 0 Å². The molecule has 1 fully saturated rings. The molecule has 0 atom stereocenters. The van der Waals surface area contributed by atoms with Crippen LogP contribution in [-0.2, 0) is 0 Å². The smallest absolute Gasteiger partial charge is 0.107 e. The average molecular weight is 224 g/mol. The SMILES string of the molecule is CC1(C)CC(C)(C)CC(C#N)(NCCO)C1. The molecule has 0 aromatic heterocycles. The summed E-state index contributed by atoms with van der Waals surface area (Å²) in [6, 6.07) is 2.44. The van der Waals surface area contributed by atoms with E-state index in [2.05, 4.69) is 39.1 Å². The lowest BCUT2D eigenvalue weighted by Gasteiger charge is -2.49. The number of nitrogens with zero attached hydrogens (tertiary/aromatic N) is 1. The topological polar surface area (TPSA) is 56.0 Å². The molecular formula is C13H24N2O. The standard InChI is InChI=1S/C13H24N2O/c1-11(2)7-12(3,4)9-13(8-11,10-14)15-5-6-16/h15-16H,5-9H2,1-4H3. The maximum absolute atomic E-state index is 9.44. The molecule has 0 aromatic carbocycles. The van der Waals surface area contributed by atoms with Crippen LogP contribution in [0, 0.1) is 22.2 Å². The van der Waals surface area contributed by atoms with Crippen molar-refractivity contribution in [3.05, 3.63) is 0 Å². The molecule has 1 aliphatic rings. The highest BCUT2D eigenvalue weighted by Crippen LogP contribution is 2.49. The third kappa shape index (κ3) is 3.20. The highest BCUT2D eigenvalue weighted by Gasteiger charge is 2.47. The Morgan fingerprint density at radius 3 is 2.00 bits per heavy atom. The van der Waals surface area contributed by atoms with Crippen molar-refractivity contribution >= 4 is 0 Å². The minimum atomic E-state index is -0.464. The quantitative estimate of drug-likeness (QED) is 0.771. The number of hydrogen-bond acceptors (Lipinski definition) is 3. The van der Waals surface area contributed by atoms with Gasteiger partial charge in [0.05, 0.1) is 12.7 Å². The first kappa shape index (κ1) is 13.5. The fourth-order valence-corrected chi connectivity index (χ4v) is 3.66. The maximum atomic E-state index is 9.44. The zero-order valence-electron chi connectivity index (χ0n) is 10.9. The van der Waals surface area contributed by atoms with Gasteiger partial charge in [-0.3, -0.25) is 5.32 Å². The third-order valence-corrected chi connectivity index (χ3v) is 3.31. The summed E-state index contributed by atoms with van der Waals surface area (Å²) in [5.74, 6) is 0. The van der Waals surface area contributed by atoms with Crippen molar-refractivity contribution in [2.75, 3.05) is 13.2 Å². The summed E-state index contributed by atoms with van der Waals surface area (Å²) in [5.41, 5.74) is -0.103. The molecule has 1 aliphatic carbocycles. The molecule has 0 bridgehead atoms. The van der Waals surface area contributed by atoms with Crippen LogP contribution >= 0.6 is 0 Å². The molecule has 0 spiro atoms. The van der Waals surface area contributed by atoms with Gasteiger partial charge in [0.2, 0.25) is 0 Å². The van der Waals surface area contributed by atoms with E-state index in [9.17, 15) is 5.26 Å². The number of β-amino-alcohol motifs (C(OH)–C–C–N with tert-alkyl or cyclic N) is 1. The van der Waals surface area contributed by atoms with E-state index in [1.165, 1.54) is 0 Å². The van der Waals surface area contributed by atoms with E-state index >= 15 is 0 Å². The number of aliphatic hydroxyl groups excluding tert-OH is 1. The predicted octanol–water partition coefficient (Wildman–Crippen LogP) is 2.07. The summed E-state index contributed by atoms with van der Waals surface area (Å²) >= 11 is 0. The summed E-state index contributed by atoms with van der Waals surface area (Å²) in [7, 11) is 0. The Morgan fingerprint density at radius 1 is 1.12 bits per heavy atom. The molecule has 0 aromatic rings. The second kappa shape index (κ2) is 4.35. The fourth-order valence-electron chi connectivity index (χ4n) is 3.66. The summed E-state index contributed by atoms with van der Waals surface area (Å²) in [4.78, 5) is 0. The summed E-state index contributed by atoms with van der Waals surface area (Å²) in [5, 5.41) is 21.6. The normalized spacial score (nSPS) is 26.0. The van der Waals surface area contributed by atoms with Gasteiger partial charge in [-0.1, -0.05) is 27.7 Å². The second-order valence-corrected chi connectivity index (χ2v) is 6.70.